The fraction of sp³-hybridized carbons (Fsp3) is 0.238. The van der Waals surface area contributed by atoms with Crippen molar-refractivity contribution in [2.45, 2.75) is 25.8 Å². The number of alkyl halides is 1. The summed E-state index contributed by atoms with van der Waals surface area (Å²) in [6.45, 7) is 3.30. The highest BCUT2D eigenvalue weighted by Gasteiger charge is 2.31. The Morgan fingerprint density at radius 3 is 2.29 bits per heavy atom. The predicted molar refractivity (Wildman–Crippen MR) is 109 cm³/mol. The van der Waals surface area contributed by atoms with Gasteiger partial charge in [0.25, 0.3) is 0 Å². The molecule has 0 aromatic heterocycles. The largest absolute Gasteiger partial charge is 0.453 e. The zero-order valence-corrected chi connectivity index (χ0v) is 16.3. The van der Waals surface area contributed by atoms with Gasteiger partial charge in [-0.15, -0.1) is 5.10 Å². The van der Waals surface area contributed by atoms with Crippen LogP contribution in [0.3, 0.4) is 0 Å². The van der Waals surface area contributed by atoms with Gasteiger partial charge in [-0.1, -0.05) is 77.4 Å². The quantitative estimate of drug-likeness (QED) is 0.542. The van der Waals surface area contributed by atoms with Crippen LogP contribution in [0.15, 0.2) is 70.9 Å². The first-order valence-electron chi connectivity index (χ1n) is 8.87. The minimum atomic E-state index is -0.809. The van der Waals surface area contributed by atoms with E-state index < -0.39 is 11.7 Å². The normalized spacial score (nSPS) is 17.4. The number of benzene rings is 2. The molecule has 1 amide bonds. The second-order valence-electron chi connectivity index (χ2n) is 6.35. The van der Waals surface area contributed by atoms with E-state index in [9.17, 15) is 9.59 Å². The molecule has 2 unspecified atom stereocenters. The van der Waals surface area contributed by atoms with Crippen LogP contribution in [-0.4, -0.2) is 34.0 Å². The highest BCUT2D eigenvalue weighted by molar-refractivity contribution is 6.20. The Hall–Kier alpha value is -2.99. The Labute approximate surface area is 168 Å². The predicted octanol–water partition coefficient (Wildman–Crippen LogP) is 4.69. The lowest BCUT2D eigenvalue weighted by Crippen LogP contribution is -2.36. The van der Waals surface area contributed by atoms with Gasteiger partial charge in [0.2, 0.25) is 0 Å². The average Bonchev–Trinajstić information content (AvgIpc) is 2.70. The van der Waals surface area contributed by atoms with Crippen LogP contribution in [0.2, 0.25) is 0 Å². The molecule has 1 aliphatic rings. The smallest absolute Gasteiger partial charge is 0.427 e. The van der Waals surface area contributed by atoms with Gasteiger partial charge >= 0.3 is 6.09 Å². The van der Waals surface area contributed by atoms with Gasteiger partial charge in [0.05, 0.1) is 11.6 Å². The van der Waals surface area contributed by atoms with Crippen LogP contribution in [0.25, 0.3) is 0 Å². The molecule has 2 aromatic rings. The van der Waals surface area contributed by atoms with Crippen LogP contribution in [0.4, 0.5) is 4.79 Å². The minimum absolute atomic E-state index is 0.0193. The third kappa shape index (κ3) is 4.64. The molecule has 6 nitrogen and oxygen atoms in total. The molecule has 7 heteroatoms. The van der Waals surface area contributed by atoms with Gasteiger partial charge in [0.1, 0.15) is 0 Å². The minimum Gasteiger partial charge on any atom is -0.427 e. The number of hydrazone groups is 2. The topological polar surface area (TPSA) is 71.3 Å². The summed E-state index contributed by atoms with van der Waals surface area (Å²) >= 11 is 5.74. The molecule has 3 rings (SSSR count). The number of ether oxygens (including phenoxy) is 1. The van der Waals surface area contributed by atoms with Crippen molar-refractivity contribution in [1.82, 2.24) is 5.12 Å². The van der Waals surface area contributed by atoms with Gasteiger partial charge < -0.3 is 4.74 Å². The monoisotopic (exact) mass is 397 g/mol. The maximum Gasteiger partial charge on any atom is 0.453 e. The van der Waals surface area contributed by atoms with Crippen molar-refractivity contribution in [3.05, 3.63) is 71.8 Å². The van der Waals surface area contributed by atoms with E-state index in [4.69, 9.17) is 16.3 Å². The Morgan fingerprint density at radius 2 is 1.68 bits per heavy atom. The Bertz CT molecular complexity index is 911. The van der Waals surface area contributed by atoms with E-state index in [2.05, 4.69) is 10.2 Å². The fourth-order valence-electron chi connectivity index (χ4n) is 2.92. The van der Waals surface area contributed by atoms with Crippen LogP contribution in [-0.2, 0) is 4.74 Å². The summed E-state index contributed by atoms with van der Waals surface area (Å²) in [5, 5.41) is 9.47. The Balaban J connectivity index is 1.93. The maximum absolute atomic E-state index is 12.8. The van der Waals surface area contributed by atoms with E-state index in [1.165, 1.54) is 6.92 Å². The molecule has 28 heavy (non-hydrogen) atoms. The Kier molecular flexibility index (Phi) is 6.21. The summed E-state index contributed by atoms with van der Waals surface area (Å²) < 4.78 is 4.98. The number of Topliss-reactive ketones (excluding diaryl/α,β-unsaturated/α-hetero) is 1. The molecule has 0 radical (unpaired) electrons. The number of carbonyl (C=O) groups is 2. The molecule has 0 bridgehead atoms. The van der Waals surface area contributed by atoms with E-state index in [0.717, 1.165) is 10.7 Å². The van der Waals surface area contributed by atoms with Crippen molar-refractivity contribution < 1.29 is 14.3 Å². The van der Waals surface area contributed by atoms with Crippen LogP contribution >= 0.6 is 11.6 Å². The third-order valence-electron chi connectivity index (χ3n) is 4.27. The Morgan fingerprint density at radius 1 is 1.07 bits per heavy atom. The van der Waals surface area contributed by atoms with E-state index >= 15 is 0 Å². The van der Waals surface area contributed by atoms with Gasteiger partial charge in [0.15, 0.2) is 11.3 Å². The van der Waals surface area contributed by atoms with Crippen molar-refractivity contribution in [2.24, 2.45) is 16.1 Å². The molecule has 0 fully saturated rings. The standard InChI is InChI=1S/C21H20ClN3O3/c1-14-18(13-19(26)16-9-5-3-6-10-16)20(17-11-7-4-8-12-17)24-25(23-14)21(27)28-15(2)22/h3-12,15,18H,13H2,1-2H3. The van der Waals surface area contributed by atoms with Crippen molar-refractivity contribution in [3.8, 4) is 0 Å². The first kappa shape index (κ1) is 19.8. The molecule has 0 spiro atoms. The summed E-state index contributed by atoms with van der Waals surface area (Å²) in [5.74, 6) is -0.373. The second kappa shape index (κ2) is 8.80. The number of carbonyl (C=O) groups excluding carboxylic acids is 2. The highest BCUT2D eigenvalue weighted by atomic mass is 35.5. The number of ketones is 1. The molecule has 0 saturated carbocycles. The van der Waals surface area contributed by atoms with Crippen LogP contribution in [0.1, 0.15) is 36.2 Å². The van der Waals surface area contributed by atoms with Crippen molar-refractivity contribution in [1.29, 1.82) is 0 Å². The van der Waals surface area contributed by atoms with Gasteiger partial charge in [-0.05, 0) is 19.4 Å². The van der Waals surface area contributed by atoms with E-state index in [-0.39, 0.29) is 18.1 Å². The van der Waals surface area contributed by atoms with E-state index in [1.54, 1.807) is 19.1 Å². The van der Waals surface area contributed by atoms with Crippen LogP contribution in [0.5, 0.6) is 0 Å². The molecular formula is C21H20ClN3O3. The van der Waals surface area contributed by atoms with E-state index in [0.29, 0.717) is 17.0 Å². The van der Waals surface area contributed by atoms with Gasteiger partial charge in [0, 0.05) is 17.7 Å². The number of amides is 1. The van der Waals surface area contributed by atoms with Crippen LogP contribution in [0, 0.1) is 5.92 Å². The SMILES string of the molecule is CC1=NN(C(=O)OC(C)Cl)N=C(c2ccccc2)C1CC(=O)c1ccccc1. The second-order valence-corrected chi connectivity index (χ2v) is 6.97. The molecule has 1 heterocycles. The molecule has 2 aromatic carbocycles. The number of hydrogen-bond donors (Lipinski definition) is 0. The molecule has 1 aliphatic heterocycles. The van der Waals surface area contributed by atoms with Crippen molar-refractivity contribution >= 4 is 34.9 Å². The zero-order chi connectivity index (χ0) is 20.1. The summed E-state index contributed by atoms with van der Waals surface area (Å²) in [4.78, 5) is 25.0. The van der Waals surface area contributed by atoms with E-state index in [1.807, 2.05) is 48.5 Å². The number of halogens is 1. The summed E-state index contributed by atoms with van der Waals surface area (Å²) in [5.41, 5.74) is 1.80. The van der Waals surface area contributed by atoms with Crippen molar-refractivity contribution in [3.63, 3.8) is 0 Å². The molecule has 144 valence electrons. The fourth-order valence-corrected chi connectivity index (χ4v) is 2.99. The molecular weight excluding hydrogens is 378 g/mol. The number of nitrogens with zero attached hydrogens (tertiary/aromatic N) is 3. The van der Waals surface area contributed by atoms with Gasteiger partial charge in [-0.2, -0.15) is 5.10 Å². The summed E-state index contributed by atoms with van der Waals surface area (Å²) in [6.07, 6.45) is -0.579. The molecule has 0 saturated heterocycles. The molecule has 0 aliphatic carbocycles. The molecule has 2 atom stereocenters. The summed E-state index contributed by atoms with van der Waals surface area (Å²) in [7, 11) is 0. The van der Waals surface area contributed by atoms with Gasteiger partial charge in [-0.3, -0.25) is 4.79 Å². The lowest BCUT2D eigenvalue weighted by atomic mass is 9.87. The third-order valence-corrected chi connectivity index (χ3v) is 4.36. The lowest BCUT2D eigenvalue weighted by Gasteiger charge is -2.26. The first-order chi connectivity index (χ1) is 13.5. The maximum atomic E-state index is 12.8. The van der Waals surface area contributed by atoms with Gasteiger partial charge in [-0.25, -0.2) is 4.79 Å². The first-order valence-corrected chi connectivity index (χ1v) is 9.31. The summed E-state index contributed by atoms with van der Waals surface area (Å²) in [6, 6.07) is 18.5. The highest BCUT2D eigenvalue weighted by Crippen LogP contribution is 2.24. The molecule has 0 N–H and O–H groups in total. The number of rotatable bonds is 5. The lowest BCUT2D eigenvalue weighted by molar-refractivity contribution is 0.0959. The average molecular weight is 398 g/mol. The van der Waals surface area contributed by atoms with Crippen LogP contribution < -0.4 is 0 Å². The zero-order valence-electron chi connectivity index (χ0n) is 15.6. The number of hydrogen-bond acceptors (Lipinski definition) is 5. The van der Waals surface area contributed by atoms with Crippen molar-refractivity contribution in [2.75, 3.05) is 0 Å².